The maximum atomic E-state index is 12.6. The summed E-state index contributed by atoms with van der Waals surface area (Å²) in [7, 11) is 0. The van der Waals surface area contributed by atoms with Gasteiger partial charge in [-0.25, -0.2) is 0 Å². The first-order chi connectivity index (χ1) is 11.8. The largest absolute Gasteiger partial charge is 0.346 e. The number of nitrogens with zero attached hydrogens (tertiary/aromatic N) is 1. The van der Waals surface area contributed by atoms with Crippen molar-refractivity contribution in [3.05, 3.63) is 78.1 Å². The van der Waals surface area contributed by atoms with E-state index in [0.717, 1.165) is 23.9 Å². The third-order valence-electron chi connectivity index (χ3n) is 4.62. The van der Waals surface area contributed by atoms with Crippen LogP contribution in [-0.4, -0.2) is 30.0 Å². The highest BCUT2D eigenvalue weighted by atomic mass is 16.1. The second kappa shape index (κ2) is 6.42. The predicted molar refractivity (Wildman–Crippen MR) is 95.0 cm³/mol. The maximum absolute atomic E-state index is 12.6. The molecular formula is C20H19N3O. The summed E-state index contributed by atoms with van der Waals surface area (Å²) < 4.78 is 0. The molecule has 120 valence electrons. The Morgan fingerprint density at radius 2 is 1.75 bits per heavy atom. The highest BCUT2D eigenvalue weighted by molar-refractivity contribution is 5.96. The Kier molecular flexibility index (Phi) is 3.97. The lowest BCUT2D eigenvalue weighted by Gasteiger charge is -2.20. The van der Waals surface area contributed by atoms with Crippen molar-refractivity contribution in [1.82, 2.24) is 15.6 Å². The number of aromatic nitrogens is 1. The van der Waals surface area contributed by atoms with Crippen molar-refractivity contribution in [2.45, 2.75) is 12.0 Å². The van der Waals surface area contributed by atoms with Crippen molar-refractivity contribution in [1.29, 1.82) is 0 Å². The molecule has 4 heteroatoms. The van der Waals surface area contributed by atoms with Crippen LogP contribution in [0.5, 0.6) is 0 Å². The quantitative estimate of drug-likeness (QED) is 0.781. The number of benzene rings is 2. The van der Waals surface area contributed by atoms with E-state index >= 15 is 0 Å². The number of nitrogens with one attached hydrogen (secondary N) is 2. The van der Waals surface area contributed by atoms with Crippen molar-refractivity contribution < 1.29 is 4.79 Å². The second-order valence-electron chi connectivity index (χ2n) is 6.17. The van der Waals surface area contributed by atoms with Crippen molar-refractivity contribution in [3.8, 4) is 0 Å². The van der Waals surface area contributed by atoms with E-state index in [0.29, 0.717) is 5.69 Å². The van der Waals surface area contributed by atoms with E-state index in [4.69, 9.17) is 0 Å². The molecule has 4 rings (SSSR count). The molecule has 0 radical (unpaired) electrons. The molecule has 1 fully saturated rings. The molecular weight excluding hydrogens is 298 g/mol. The molecule has 0 saturated carbocycles. The highest BCUT2D eigenvalue weighted by Gasteiger charge is 2.30. The van der Waals surface area contributed by atoms with Crippen molar-refractivity contribution in [2.75, 3.05) is 13.1 Å². The lowest BCUT2D eigenvalue weighted by atomic mass is 9.94. The first kappa shape index (κ1) is 14.8. The normalized spacial score (nSPS) is 20.2. The summed E-state index contributed by atoms with van der Waals surface area (Å²) in [5.41, 5.74) is 1.71. The average molecular weight is 317 g/mol. The predicted octanol–water partition coefficient (Wildman–Crippen LogP) is 2.72. The van der Waals surface area contributed by atoms with Crippen LogP contribution in [0.3, 0.4) is 0 Å². The van der Waals surface area contributed by atoms with Crippen LogP contribution in [0.25, 0.3) is 10.8 Å². The number of hydrogen-bond donors (Lipinski definition) is 2. The van der Waals surface area contributed by atoms with Gasteiger partial charge in [0, 0.05) is 36.6 Å². The third kappa shape index (κ3) is 2.88. The minimum absolute atomic E-state index is 0.0770. The second-order valence-corrected chi connectivity index (χ2v) is 6.17. The van der Waals surface area contributed by atoms with Crippen LogP contribution >= 0.6 is 0 Å². The van der Waals surface area contributed by atoms with E-state index in [2.05, 4.69) is 27.8 Å². The molecule has 0 aliphatic carbocycles. The maximum Gasteiger partial charge on any atom is 0.270 e. The zero-order chi connectivity index (χ0) is 16.4. The van der Waals surface area contributed by atoms with Crippen LogP contribution < -0.4 is 10.6 Å². The first-order valence-electron chi connectivity index (χ1n) is 8.22. The summed E-state index contributed by atoms with van der Waals surface area (Å²) in [5.74, 6) is 0.172. The number of amides is 1. The van der Waals surface area contributed by atoms with E-state index in [1.807, 2.05) is 48.5 Å². The van der Waals surface area contributed by atoms with Gasteiger partial charge in [-0.1, -0.05) is 54.6 Å². The molecule has 1 saturated heterocycles. The summed E-state index contributed by atoms with van der Waals surface area (Å²) in [6.45, 7) is 1.65. The van der Waals surface area contributed by atoms with Gasteiger partial charge in [0.15, 0.2) is 0 Å². The molecule has 0 unspecified atom stereocenters. The lowest BCUT2D eigenvalue weighted by Crippen LogP contribution is -2.39. The van der Waals surface area contributed by atoms with E-state index in [1.54, 1.807) is 6.20 Å². The molecule has 1 aliphatic rings. The zero-order valence-corrected chi connectivity index (χ0v) is 13.3. The fourth-order valence-corrected chi connectivity index (χ4v) is 3.33. The highest BCUT2D eigenvalue weighted by Crippen LogP contribution is 2.23. The lowest BCUT2D eigenvalue weighted by molar-refractivity contribution is 0.0932. The molecule has 2 heterocycles. The van der Waals surface area contributed by atoms with Crippen molar-refractivity contribution in [3.63, 3.8) is 0 Å². The summed E-state index contributed by atoms with van der Waals surface area (Å²) in [6, 6.07) is 20.2. The Hall–Kier alpha value is -2.72. The molecule has 24 heavy (non-hydrogen) atoms. The molecule has 1 amide bonds. The number of hydrogen-bond acceptors (Lipinski definition) is 3. The Bertz CT molecular complexity index is 863. The molecule has 0 bridgehead atoms. The summed E-state index contributed by atoms with van der Waals surface area (Å²) in [6.07, 6.45) is 1.76. The van der Waals surface area contributed by atoms with E-state index in [1.165, 1.54) is 5.56 Å². The molecule has 2 aromatic carbocycles. The number of fused-ring (bicyclic) bond motifs is 1. The van der Waals surface area contributed by atoms with Crippen LogP contribution in [-0.2, 0) is 0 Å². The van der Waals surface area contributed by atoms with Crippen molar-refractivity contribution >= 4 is 16.7 Å². The molecule has 4 nitrogen and oxygen atoms in total. The minimum Gasteiger partial charge on any atom is -0.346 e. The van der Waals surface area contributed by atoms with Gasteiger partial charge in [-0.2, -0.15) is 0 Å². The van der Waals surface area contributed by atoms with Gasteiger partial charge in [-0.05, 0) is 17.0 Å². The van der Waals surface area contributed by atoms with Gasteiger partial charge in [0.2, 0.25) is 0 Å². The van der Waals surface area contributed by atoms with Gasteiger partial charge in [0.1, 0.15) is 5.69 Å². The minimum atomic E-state index is -0.115. The Labute approximate surface area is 140 Å². The Morgan fingerprint density at radius 3 is 2.58 bits per heavy atom. The SMILES string of the molecule is O=C(N[C@@H]1CNC[C@H]1c1ccccc1)c1cc2ccccc2cn1. The van der Waals surface area contributed by atoms with Gasteiger partial charge in [-0.3, -0.25) is 9.78 Å². The third-order valence-corrected chi connectivity index (χ3v) is 4.62. The van der Waals surface area contributed by atoms with Gasteiger partial charge >= 0.3 is 0 Å². The fourth-order valence-electron chi connectivity index (χ4n) is 3.33. The summed E-state index contributed by atoms with van der Waals surface area (Å²) >= 11 is 0. The van der Waals surface area contributed by atoms with Crippen molar-refractivity contribution in [2.24, 2.45) is 0 Å². The van der Waals surface area contributed by atoms with Crippen LogP contribution in [0.1, 0.15) is 22.0 Å². The van der Waals surface area contributed by atoms with Gasteiger partial charge < -0.3 is 10.6 Å². The van der Waals surface area contributed by atoms with Crippen LogP contribution in [0.15, 0.2) is 66.9 Å². The van der Waals surface area contributed by atoms with Crippen LogP contribution in [0.2, 0.25) is 0 Å². The monoisotopic (exact) mass is 317 g/mol. The molecule has 1 aromatic heterocycles. The van der Waals surface area contributed by atoms with E-state index < -0.39 is 0 Å². The Morgan fingerprint density at radius 1 is 1.00 bits per heavy atom. The van der Waals surface area contributed by atoms with Gasteiger partial charge in [0.25, 0.3) is 5.91 Å². The molecule has 2 atom stereocenters. The van der Waals surface area contributed by atoms with Gasteiger partial charge in [-0.15, -0.1) is 0 Å². The summed E-state index contributed by atoms with van der Waals surface area (Å²) in [4.78, 5) is 16.9. The number of carbonyl (C=O) groups excluding carboxylic acids is 1. The molecule has 1 aliphatic heterocycles. The standard InChI is InChI=1S/C20H19N3O/c24-20(18-10-15-8-4-5-9-16(15)11-22-18)23-19-13-21-12-17(19)14-6-2-1-3-7-14/h1-11,17,19,21H,12-13H2,(H,23,24)/t17-,19+/m0/s1. The number of pyridine rings is 1. The number of rotatable bonds is 3. The van der Waals surface area contributed by atoms with Gasteiger partial charge in [0.05, 0.1) is 0 Å². The van der Waals surface area contributed by atoms with Crippen LogP contribution in [0.4, 0.5) is 0 Å². The molecule has 0 spiro atoms. The number of carbonyl (C=O) groups is 1. The topological polar surface area (TPSA) is 54.0 Å². The zero-order valence-electron chi connectivity index (χ0n) is 13.3. The fraction of sp³-hybridized carbons (Fsp3) is 0.200. The van der Waals surface area contributed by atoms with E-state index in [-0.39, 0.29) is 17.9 Å². The van der Waals surface area contributed by atoms with Crippen LogP contribution in [0, 0.1) is 0 Å². The Balaban J connectivity index is 1.54. The van der Waals surface area contributed by atoms with E-state index in [9.17, 15) is 4.79 Å². The smallest absolute Gasteiger partial charge is 0.270 e. The summed E-state index contributed by atoms with van der Waals surface area (Å²) in [5, 5.41) is 8.59. The molecule has 3 aromatic rings. The first-order valence-corrected chi connectivity index (χ1v) is 8.22. The average Bonchev–Trinajstić information content (AvgIpc) is 3.10. The molecule has 2 N–H and O–H groups in total.